The third kappa shape index (κ3) is 5.52. The molecule has 0 saturated carbocycles. The van der Waals surface area contributed by atoms with Crippen LogP contribution in [0.25, 0.3) is 6.08 Å². The number of aryl methyl sites for hydroxylation is 1. The van der Waals surface area contributed by atoms with Crippen molar-refractivity contribution in [3.05, 3.63) is 70.0 Å². The Balaban J connectivity index is 1.48. The van der Waals surface area contributed by atoms with Crippen LogP contribution in [0.15, 0.2) is 42.5 Å². The van der Waals surface area contributed by atoms with Crippen LogP contribution >= 0.6 is 11.6 Å². The van der Waals surface area contributed by atoms with Crippen LogP contribution in [-0.2, 0) is 11.3 Å². The van der Waals surface area contributed by atoms with E-state index in [1.165, 1.54) is 18.2 Å². The van der Waals surface area contributed by atoms with Gasteiger partial charge in [0.2, 0.25) is 5.91 Å². The molecule has 2 aromatic carbocycles. The van der Waals surface area contributed by atoms with E-state index in [0.717, 1.165) is 30.8 Å². The van der Waals surface area contributed by atoms with Crippen LogP contribution in [-0.4, -0.2) is 60.0 Å². The Hall–Kier alpha value is -2.94. The normalized spacial score (nSPS) is 20.8. The SMILES string of the molecule is Cc1cc(/C=C/C(=O)N2C3CNCC2CN(Cc2ccc(F)cc2)C3)c(NC(N)=O)cc1Cl. The zero-order chi connectivity index (χ0) is 23.5. The molecule has 33 heavy (non-hydrogen) atoms. The van der Waals surface area contributed by atoms with Gasteiger partial charge in [0.25, 0.3) is 0 Å². The first-order chi connectivity index (χ1) is 15.8. The lowest BCUT2D eigenvalue weighted by Gasteiger charge is -2.50. The summed E-state index contributed by atoms with van der Waals surface area (Å²) in [5.41, 5.74) is 8.25. The molecular weight excluding hydrogens is 445 g/mol. The summed E-state index contributed by atoms with van der Waals surface area (Å²) in [6.45, 7) is 5.46. The average molecular weight is 472 g/mol. The van der Waals surface area contributed by atoms with Crippen molar-refractivity contribution in [1.29, 1.82) is 0 Å². The van der Waals surface area contributed by atoms with Crippen molar-refractivity contribution < 1.29 is 14.0 Å². The lowest BCUT2D eigenvalue weighted by Crippen LogP contribution is -2.68. The number of nitrogens with one attached hydrogen (secondary N) is 2. The molecule has 2 bridgehead atoms. The topological polar surface area (TPSA) is 90.7 Å². The summed E-state index contributed by atoms with van der Waals surface area (Å²) in [5.74, 6) is -0.322. The first-order valence-corrected chi connectivity index (χ1v) is 11.2. The van der Waals surface area contributed by atoms with Gasteiger partial charge in [0, 0.05) is 43.8 Å². The number of rotatable bonds is 5. The highest BCUT2D eigenvalue weighted by Crippen LogP contribution is 2.27. The maximum absolute atomic E-state index is 13.2. The molecule has 2 unspecified atom stereocenters. The minimum atomic E-state index is -0.700. The van der Waals surface area contributed by atoms with E-state index in [9.17, 15) is 14.0 Å². The van der Waals surface area contributed by atoms with Gasteiger partial charge in [-0.05, 0) is 54.0 Å². The highest BCUT2D eigenvalue weighted by atomic mass is 35.5. The number of hydrogen-bond acceptors (Lipinski definition) is 4. The number of urea groups is 1. The molecule has 2 fully saturated rings. The largest absolute Gasteiger partial charge is 0.351 e. The number of amides is 3. The smallest absolute Gasteiger partial charge is 0.316 e. The number of nitrogens with zero attached hydrogens (tertiary/aromatic N) is 2. The van der Waals surface area contributed by atoms with Gasteiger partial charge in [0.1, 0.15) is 5.82 Å². The number of primary amides is 1. The fourth-order valence-electron chi connectivity index (χ4n) is 4.55. The Morgan fingerprint density at radius 3 is 2.52 bits per heavy atom. The number of nitrogens with two attached hydrogens (primary N) is 1. The van der Waals surface area contributed by atoms with Gasteiger partial charge in [-0.15, -0.1) is 0 Å². The number of fused-ring (bicyclic) bond motifs is 2. The van der Waals surface area contributed by atoms with E-state index in [2.05, 4.69) is 15.5 Å². The molecular formula is C24H27ClFN5O2. The quantitative estimate of drug-likeness (QED) is 0.585. The van der Waals surface area contributed by atoms with Crippen molar-refractivity contribution in [3.8, 4) is 0 Å². The highest BCUT2D eigenvalue weighted by Gasteiger charge is 2.39. The lowest BCUT2D eigenvalue weighted by molar-refractivity contribution is -0.136. The maximum atomic E-state index is 13.2. The number of carbonyl (C=O) groups excluding carboxylic acids is 2. The third-order valence-corrected chi connectivity index (χ3v) is 6.46. The number of benzene rings is 2. The summed E-state index contributed by atoms with van der Waals surface area (Å²) in [4.78, 5) is 28.8. The number of piperazine rings is 2. The van der Waals surface area contributed by atoms with Gasteiger partial charge in [-0.25, -0.2) is 9.18 Å². The zero-order valence-electron chi connectivity index (χ0n) is 18.4. The van der Waals surface area contributed by atoms with Crippen LogP contribution in [0, 0.1) is 12.7 Å². The van der Waals surface area contributed by atoms with Crippen LogP contribution in [0.2, 0.25) is 5.02 Å². The number of anilines is 1. The van der Waals surface area contributed by atoms with Gasteiger partial charge in [-0.1, -0.05) is 23.7 Å². The molecule has 2 aliphatic heterocycles. The third-order valence-electron chi connectivity index (χ3n) is 6.05. The predicted molar refractivity (Wildman–Crippen MR) is 127 cm³/mol. The zero-order valence-corrected chi connectivity index (χ0v) is 19.1. The summed E-state index contributed by atoms with van der Waals surface area (Å²) >= 11 is 6.18. The van der Waals surface area contributed by atoms with Gasteiger partial charge in [-0.3, -0.25) is 9.69 Å². The molecule has 7 nitrogen and oxygen atoms in total. The van der Waals surface area contributed by atoms with Crippen molar-refractivity contribution in [1.82, 2.24) is 15.1 Å². The first kappa shape index (κ1) is 23.2. The molecule has 2 aliphatic rings. The van der Waals surface area contributed by atoms with Gasteiger partial charge in [-0.2, -0.15) is 0 Å². The van der Waals surface area contributed by atoms with E-state index in [4.69, 9.17) is 17.3 Å². The monoisotopic (exact) mass is 471 g/mol. The number of halogens is 2. The number of carbonyl (C=O) groups is 2. The minimum Gasteiger partial charge on any atom is -0.351 e. The Bertz CT molecular complexity index is 1060. The van der Waals surface area contributed by atoms with E-state index in [0.29, 0.717) is 29.4 Å². The molecule has 4 N–H and O–H groups in total. The predicted octanol–water partition coefficient (Wildman–Crippen LogP) is 2.98. The van der Waals surface area contributed by atoms with Gasteiger partial charge in [0.05, 0.1) is 17.8 Å². The van der Waals surface area contributed by atoms with Crippen molar-refractivity contribution in [2.75, 3.05) is 31.5 Å². The molecule has 4 rings (SSSR count). The molecule has 3 amide bonds. The molecule has 2 atom stereocenters. The molecule has 0 spiro atoms. The lowest BCUT2D eigenvalue weighted by atomic mass is 10.00. The van der Waals surface area contributed by atoms with Crippen LogP contribution < -0.4 is 16.4 Å². The fourth-order valence-corrected chi connectivity index (χ4v) is 4.72. The second kappa shape index (κ2) is 9.91. The van der Waals surface area contributed by atoms with Crippen LogP contribution in [0.4, 0.5) is 14.9 Å². The molecule has 2 heterocycles. The van der Waals surface area contributed by atoms with Crippen LogP contribution in [0.3, 0.4) is 0 Å². The van der Waals surface area contributed by atoms with Gasteiger partial charge >= 0.3 is 6.03 Å². The van der Waals surface area contributed by atoms with E-state index in [1.807, 2.05) is 11.8 Å². The second-order valence-electron chi connectivity index (χ2n) is 8.54. The summed E-state index contributed by atoms with van der Waals surface area (Å²) in [5, 5.41) is 6.47. The molecule has 2 aromatic rings. The first-order valence-electron chi connectivity index (χ1n) is 10.8. The van der Waals surface area contributed by atoms with Crippen molar-refractivity contribution in [3.63, 3.8) is 0 Å². The molecule has 0 radical (unpaired) electrons. The Labute approximate surface area is 197 Å². The summed E-state index contributed by atoms with van der Waals surface area (Å²) in [6, 6.07) is 9.35. The average Bonchev–Trinajstić information content (AvgIpc) is 2.75. The van der Waals surface area contributed by atoms with E-state index in [-0.39, 0.29) is 23.8 Å². The molecule has 0 aromatic heterocycles. The fraction of sp³-hybridized carbons (Fsp3) is 0.333. The van der Waals surface area contributed by atoms with E-state index in [1.54, 1.807) is 30.3 Å². The molecule has 0 aliphatic carbocycles. The second-order valence-corrected chi connectivity index (χ2v) is 8.95. The Morgan fingerprint density at radius 2 is 1.88 bits per heavy atom. The number of hydrogen-bond donors (Lipinski definition) is 3. The van der Waals surface area contributed by atoms with Crippen molar-refractivity contribution in [2.24, 2.45) is 5.73 Å². The van der Waals surface area contributed by atoms with E-state index >= 15 is 0 Å². The molecule has 9 heteroatoms. The van der Waals surface area contributed by atoms with E-state index < -0.39 is 6.03 Å². The maximum Gasteiger partial charge on any atom is 0.316 e. The van der Waals surface area contributed by atoms with Crippen LogP contribution in [0.5, 0.6) is 0 Å². The van der Waals surface area contributed by atoms with Gasteiger partial charge in [0.15, 0.2) is 0 Å². The minimum absolute atomic E-state index is 0.0327. The molecule has 2 saturated heterocycles. The Morgan fingerprint density at radius 1 is 1.21 bits per heavy atom. The van der Waals surface area contributed by atoms with Crippen molar-refractivity contribution in [2.45, 2.75) is 25.6 Å². The Kier molecular flexibility index (Phi) is 6.97. The summed E-state index contributed by atoms with van der Waals surface area (Å²) < 4.78 is 13.2. The molecule has 174 valence electrons. The van der Waals surface area contributed by atoms with Crippen LogP contribution in [0.1, 0.15) is 16.7 Å². The summed E-state index contributed by atoms with van der Waals surface area (Å²) in [7, 11) is 0. The highest BCUT2D eigenvalue weighted by molar-refractivity contribution is 6.31. The van der Waals surface area contributed by atoms with Gasteiger partial charge < -0.3 is 21.3 Å². The summed E-state index contributed by atoms with van der Waals surface area (Å²) in [6.07, 6.45) is 3.22. The van der Waals surface area contributed by atoms with Crippen molar-refractivity contribution >= 4 is 35.3 Å². The standard InChI is InChI=1S/C24H27ClFN5O2/c1-15-8-17(22(9-21(15)25)29-24(27)33)4-7-23(32)31-19-10-28-11-20(31)14-30(13-19)12-16-2-5-18(26)6-3-16/h2-9,19-20,28H,10-14H2,1H3,(H3,27,29,33)/b7-4+.